The van der Waals surface area contributed by atoms with Gasteiger partial charge in [-0.05, 0) is 13.3 Å². The lowest BCUT2D eigenvalue weighted by Gasteiger charge is -1.98. The minimum atomic E-state index is -0.158. The normalized spacial score (nSPS) is 9.21. The van der Waals surface area contributed by atoms with Gasteiger partial charge >= 0.3 is 11.1 Å². The third kappa shape index (κ3) is 4.57. The number of aromatic nitrogens is 1. The Morgan fingerprint density at radius 1 is 1.71 bits per heavy atom. The van der Waals surface area contributed by atoms with Crippen molar-refractivity contribution < 1.29 is 31.5 Å². The molecular formula is C8H13BrN2O2S. The highest BCUT2D eigenvalue weighted by atomic mass is 79.9. The lowest BCUT2D eigenvalue weighted by Crippen LogP contribution is -3.00. The standard InChI is InChI=1S/C8H12N2O2S.BrH/c1-2-12-7(11)4-3-6-5-10-8(9)13-6;/h5H,2-4H2,1H3,(H2,9,10);1H. The van der Waals surface area contributed by atoms with Crippen LogP contribution < -0.4 is 27.7 Å². The fraction of sp³-hybridized carbons (Fsp3) is 0.500. The van der Waals surface area contributed by atoms with E-state index in [9.17, 15) is 4.79 Å². The number of carbonyl (C=O) groups is 1. The van der Waals surface area contributed by atoms with Crippen molar-refractivity contribution in [2.75, 3.05) is 12.3 Å². The molecule has 0 aliphatic heterocycles. The number of aryl methyl sites for hydroxylation is 1. The molecule has 1 rings (SSSR count). The van der Waals surface area contributed by atoms with E-state index in [1.165, 1.54) is 11.3 Å². The zero-order chi connectivity index (χ0) is 9.68. The summed E-state index contributed by atoms with van der Waals surface area (Å²) in [6.07, 6.45) is 2.93. The number of hydrogen-bond acceptors (Lipinski definition) is 4. The molecule has 0 spiro atoms. The number of hydrogen-bond donors (Lipinski definition) is 1. The van der Waals surface area contributed by atoms with Crippen molar-refractivity contribution in [1.82, 2.24) is 0 Å². The second-order valence-corrected chi connectivity index (χ2v) is 3.69. The van der Waals surface area contributed by atoms with Gasteiger partial charge in [0.2, 0.25) is 0 Å². The molecule has 0 aliphatic rings. The summed E-state index contributed by atoms with van der Waals surface area (Å²) in [5, 5.41) is 0.666. The third-order valence-corrected chi connectivity index (χ3v) is 2.42. The van der Waals surface area contributed by atoms with Crippen LogP contribution >= 0.6 is 11.3 Å². The summed E-state index contributed by atoms with van der Waals surface area (Å²) in [5.41, 5.74) is 5.49. The molecule has 0 unspecified atom stereocenters. The maximum absolute atomic E-state index is 11.0. The van der Waals surface area contributed by atoms with Gasteiger partial charge in [-0.25, -0.2) is 4.98 Å². The van der Waals surface area contributed by atoms with E-state index in [-0.39, 0.29) is 23.0 Å². The van der Waals surface area contributed by atoms with Crippen LogP contribution in [-0.2, 0) is 16.0 Å². The second-order valence-electron chi connectivity index (χ2n) is 2.53. The predicted octanol–water partition coefficient (Wildman–Crippen LogP) is -2.36. The summed E-state index contributed by atoms with van der Waals surface area (Å²) < 4.78 is 4.79. The number of ether oxygens (including phenoxy) is 1. The van der Waals surface area contributed by atoms with Crippen molar-refractivity contribution in [2.24, 2.45) is 0 Å². The Bertz CT molecular complexity index is 291. The molecule has 6 heteroatoms. The zero-order valence-electron chi connectivity index (χ0n) is 7.88. The molecule has 0 bridgehead atoms. The number of nitrogens with one attached hydrogen (secondary N) is 1. The second kappa shape index (κ2) is 6.78. The van der Waals surface area contributed by atoms with Gasteiger partial charge in [-0.15, -0.1) is 0 Å². The van der Waals surface area contributed by atoms with Crippen LogP contribution in [0.4, 0.5) is 5.13 Å². The Balaban J connectivity index is 0.00000169. The highest BCUT2D eigenvalue weighted by Crippen LogP contribution is 2.12. The molecule has 14 heavy (non-hydrogen) atoms. The number of aromatic amines is 1. The fourth-order valence-electron chi connectivity index (χ4n) is 0.933. The highest BCUT2D eigenvalue weighted by Gasteiger charge is 2.06. The Hall–Kier alpha value is -0.620. The first-order valence-electron chi connectivity index (χ1n) is 4.14. The SMILES string of the molecule is CCOC(=O)CCc1c[nH+]c(N)s1.[Br-]. The van der Waals surface area contributed by atoms with Gasteiger partial charge in [-0.3, -0.25) is 10.5 Å². The average molecular weight is 281 g/mol. The van der Waals surface area contributed by atoms with Crippen LogP contribution in [0.1, 0.15) is 18.2 Å². The number of nitrogens with two attached hydrogens (primary N) is 1. The van der Waals surface area contributed by atoms with Crippen molar-refractivity contribution in [1.29, 1.82) is 0 Å². The maximum Gasteiger partial charge on any atom is 0.329 e. The lowest BCUT2D eigenvalue weighted by molar-refractivity contribution is -0.354. The molecule has 1 heterocycles. The molecule has 0 saturated carbocycles. The summed E-state index contributed by atoms with van der Waals surface area (Å²) >= 11 is 1.46. The van der Waals surface area contributed by atoms with E-state index in [1.807, 2.05) is 6.20 Å². The van der Waals surface area contributed by atoms with Crippen molar-refractivity contribution in [3.05, 3.63) is 11.1 Å². The van der Waals surface area contributed by atoms with Crippen molar-refractivity contribution in [3.8, 4) is 0 Å². The Kier molecular flexibility index (Phi) is 6.48. The van der Waals surface area contributed by atoms with E-state index < -0.39 is 0 Å². The predicted molar refractivity (Wildman–Crippen MR) is 50.2 cm³/mol. The first-order valence-corrected chi connectivity index (χ1v) is 4.95. The van der Waals surface area contributed by atoms with Crippen LogP contribution in [0.5, 0.6) is 0 Å². The lowest BCUT2D eigenvalue weighted by atomic mass is 10.3. The molecule has 4 nitrogen and oxygen atoms in total. The number of thiazole rings is 1. The highest BCUT2D eigenvalue weighted by molar-refractivity contribution is 7.14. The van der Waals surface area contributed by atoms with Gasteiger partial charge in [0, 0.05) is 0 Å². The number of anilines is 1. The number of halogens is 1. The average Bonchev–Trinajstić information content (AvgIpc) is 2.49. The smallest absolute Gasteiger partial charge is 0.329 e. The zero-order valence-corrected chi connectivity index (χ0v) is 10.3. The summed E-state index contributed by atoms with van der Waals surface area (Å²) in [6, 6.07) is 0. The van der Waals surface area contributed by atoms with Crippen LogP contribution in [0.15, 0.2) is 6.20 Å². The fourth-order valence-corrected chi connectivity index (χ4v) is 1.66. The van der Waals surface area contributed by atoms with Gasteiger partial charge < -0.3 is 21.7 Å². The molecule has 0 radical (unpaired) electrons. The van der Waals surface area contributed by atoms with Crippen molar-refractivity contribution >= 4 is 22.4 Å². The molecule has 0 fully saturated rings. The van der Waals surface area contributed by atoms with Crippen LogP contribution in [-0.4, -0.2) is 12.6 Å². The minimum Gasteiger partial charge on any atom is -1.00 e. The van der Waals surface area contributed by atoms with Gasteiger partial charge in [0.1, 0.15) is 6.20 Å². The monoisotopic (exact) mass is 280 g/mol. The first kappa shape index (κ1) is 13.4. The molecule has 0 saturated heterocycles. The van der Waals surface area contributed by atoms with Crippen molar-refractivity contribution in [2.45, 2.75) is 19.8 Å². The van der Waals surface area contributed by atoms with Crippen molar-refractivity contribution in [3.63, 3.8) is 0 Å². The molecular weight excluding hydrogens is 268 g/mol. The topological polar surface area (TPSA) is 66.5 Å². The maximum atomic E-state index is 11.0. The van der Waals surface area contributed by atoms with Crippen LogP contribution in [0.2, 0.25) is 0 Å². The van der Waals surface area contributed by atoms with Gasteiger partial charge in [0.15, 0.2) is 0 Å². The van der Waals surface area contributed by atoms with E-state index in [0.717, 1.165) is 4.88 Å². The van der Waals surface area contributed by atoms with E-state index >= 15 is 0 Å². The van der Waals surface area contributed by atoms with Gasteiger partial charge in [0.25, 0.3) is 0 Å². The van der Waals surface area contributed by atoms with E-state index in [0.29, 0.717) is 24.6 Å². The molecule has 0 aliphatic carbocycles. The number of H-pyrrole nitrogens is 1. The molecule has 3 N–H and O–H groups in total. The van der Waals surface area contributed by atoms with Crippen LogP contribution in [0.3, 0.4) is 0 Å². The van der Waals surface area contributed by atoms with Crippen LogP contribution in [0.25, 0.3) is 0 Å². The van der Waals surface area contributed by atoms with E-state index in [1.54, 1.807) is 6.92 Å². The minimum absolute atomic E-state index is 0. The summed E-state index contributed by atoms with van der Waals surface area (Å²) in [6.45, 7) is 2.24. The molecule has 1 aromatic rings. The van der Waals surface area contributed by atoms with E-state index in [2.05, 4.69) is 4.98 Å². The molecule has 0 aromatic carbocycles. The largest absolute Gasteiger partial charge is 1.00 e. The Morgan fingerprint density at radius 3 is 2.93 bits per heavy atom. The molecule has 80 valence electrons. The summed E-state index contributed by atoms with van der Waals surface area (Å²) in [7, 11) is 0. The van der Waals surface area contributed by atoms with Gasteiger partial charge in [0.05, 0.1) is 17.9 Å². The summed E-state index contributed by atoms with van der Waals surface area (Å²) in [5.74, 6) is -0.158. The third-order valence-electron chi connectivity index (χ3n) is 1.50. The van der Waals surface area contributed by atoms with Gasteiger partial charge in [-0.1, -0.05) is 11.3 Å². The summed E-state index contributed by atoms with van der Waals surface area (Å²) in [4.78, 5) is 14.9. The number of nitrogen functional groups attached to an aromatic ring is 1. The Morgan fingerprint density at radius 2 is 2.43 bits per heavy atom. The number of esters is 1. The van der Waals surface area contributed by atoms with Gasteiger partial charge in [-0.2, -0.15) is 0 Å². The van der Waals surface area contributed by atoms with Crippen LogP contribution in [0, 0.1) is 0 Å². The van der Waals surface area contributed by atoms with E-state index in [4.69, 9.17) is 10.5 Å². The number of carbonyl (C=O) groups excluding carboxylic acids is 1. The molecule has 1 aromatic heterocycles. The Labute approximate surface area is 97.2 Å². The molecule has 0 amide bonds. The quantitative estimate of drug-likeness (QED) is 0.628. The molecule has 0 atom stereocenters. The first-order chi connectivity index (χ1) is 6.22. The number of rotatable bonds is 4.